The van der Waals surface area contributed by atoms with E-state index in [1.54, 1.807) is 43.3 Å². The Morgan fingerprint density at radius 3 is 2.59 bits per heavy atom. The van der Waals surface area contributed by atoms with Crippen molar-refractivity contribution in [3.05, 3.63) is 53.5 Å². The van der Waals surface area contributed by atoms with E-state index < -0.39 is 18.5 Å². The molecule has 0 aliphatic carbocycles. The summed E-state index contributed by atoms with van der Waals surface area (Å²) in [4.78, 5) is 22.0. The van der Waals surface area contributed by atoms with Crippen molar-refractivity contribution in [3.63, 3.8) is 0 Å². The Bertz CT molecular complexity index is 688. The molecule has 0 unspecified atom stereocenters. The molecule has 0 aliphatic rings. The van der Waals surface area contributed by atoms with Crippen molar-refractivity contribution >= 4 is 18.1 Å². The van der Waals surface area contributed by atoms with Gasteiger partial charge >= 0.3 is 11.9 Å². The minimum Gasteiger partial charge on any atom is -0.482 e. The first kappa shape index (κ1) is 15.3. The second-order valence-electron chi connectivity index (χ2n) is 4.36. The van der Waals surface area contributed by atoms with Gasteiger partial charge < -0.3 is 14.3 Å². The number of carbonyl (C=O) groups is 2. The number of ether oxygens (including phenoxy) is 1. The molecule has 1 aromatic carbocycles. The van der Waals surface area contributed by atoms with E-state index >= 15 is 0 Å². The minimum absolute atomic E-state index is 0.187. The van der Waals surface area contributed by atoms with Gasteiger partial charge in [-0.15, -0.1) is 0 Å². The summed E-state index contributed by atoms with van der Waals surface area (Å²) in [6, 6.07) is 9.85. The molecule has 1 amide bonds. The molecule has 2 rings (SSSR count). The van der Waals surface area contributed by atoms with Gasteiger partial charge in [0.2, 0.25) is 0 Å². The van der Waals surface area contributed by atoms with Gasteiger partial charge in [0.1, 0.15) is 11.5 Å². The molecule has 7 heteroatoms. The maximum atomic E-state index is 11.7. The lowest BCUT2D eigenvalue weighted by Crippen LogP contribution is -2.16. The van der Waals surface area contributed by atoms with E-state index in [4.69, 9.17) is 14.3 Å². The lowest BCUT2D eigenvalue weighted by atomic mass is 10.2. The number of carbonyl (C=O) groups excluding carboxylic acids is 1. The molecule has 1 heterocycles. The van der Waals surface area contributed by atoms with Gasteiger partial charge in [-0.25, -0.2) is 10.2 Å². The normalized spacial score (nSPS) is 10.6. The van der Waals surface area contributed by atoms with Crippen LogP contribution >= 0.6 is 0 Å². The smallest absolute Gasteiger partial charge is 0.341 e. The second-order valence-corrected chi connectivity index (χ2v) is 4.36. The van der Waals surface area contributed by atoms with Crippen molar-refractivity contribution in [1.82, 2.24) is 5.43 Å². The number of nitrogens with zero attached hydrogens (tertiary/aromatic N) is 1. The molecule has 0 saturated carbocycles. The van der Waals surface area contributed by atoms with E-state index in [-0.39, 0.29) is 5.76 Å². The molecule has 2 N–H and O–H groups in total. The number of rotatable bonds is 6. The third kappa shape index (κ3) is 4.48. The monoisotopic (exact) mass is 302 g/mol. The molecule has 0 fully saturated rings. The van der Waals surface area contributed by atoms with E-state index in [2.05, 4.69) is 10.5 Å². The predicted molar refractivity (Wildman–Crippen MR) is 78.1 cm³/mol. The molecular weight excluding hydrogens is 288 g/mol. The molecule has 1 aromatic heterocycles. The maximum absolute atomic E-state index is 11.7. The number of benzene rings is 1. The zero-order valence-electron chi connectivity index (χ0n) is 11.8. The number of furan rings is 1. The zero-order valence-corrected chi connectivity index (χ0v) is 11.8. The van der Waals surface area contributed by atoms with Gasteiger partial charge in [-0.1, -0.05) is 0 Å². The molecular formula is C15H14N2O5. The molecule has 2 aromatic rings. The van der Waals surface area contributed by atoms with E-state index in [9.17, 15) is 9.59 Å². The number of hydrazone groups is 1. The summed E-state index contributed by atoms with van der Waals surface area (Å²) < 4.78 is 10.2. The van der Waals surface area contributed by atoms with Crippen LogP contribution in [0.2, 0.25) is 0 Å². The molecule has 0 atom stereocenters. The van der Waals surface area contributed by atoms with Gasteiger partial charge in [0.05, 0.1) is 6.21 Å². The molecule has 0 bridgehead atoms. The molecule has 22 heavy (non-hydrogen) atoms. The summed E-state index contributed by atoms with van der Waals surface area (Å²) in [5.74, 6) is -0.208. The average molecular weight is 302 g/mol. The standard InChI is InChI=1S/C15H14N2O5/c1-10-2-7-13(22-10)15(20)17-16-8-11-3-5-12(6-4-11)21-9-14(18)19/h2-8H,9H2,1H3,(H,17,20)(H,18,19)/b16-8+. The summed E-state index contributed by atoms with van der Waals surface area (Å²) in [7, 11) is 0. The van der Waals surface area contributed by atoms with Crippen LogP contribution in [0, 0.1) is 6.92 Å². The van der Waals surface area contributed by atoms with Gasteiger partial charge in [0, 0.05) is 0 Å². The van der Waals surface area contributed by atoms with Crippen molar-refractivity contribution in [2.75, 3.05) is 6.61 Å². The fraction of sp³-hybridized carbons (Fsp3) is 0.133. The first-order chi connectivity index (χ1) is 10.5. The third-order valence-electron chi connectivity index (χ3n) is 2.59. The van der Waals surface area contributed by atoms with Gasteiger partial charge in [0.25, 0.3) is 0 Å². The Morgan fingerprint density at radius 2 is 2.00 bits per heavy atom. The molecule has 0 spiro atoms. The van der Waals surface area contributed by atoms with Crippen molar-refractivity contribution < 1.29 is 23.8 Å². The van der Waals surface area contributed by atoms with Crippen molar-refractivity contribution in [2.24, 2.45) is 5.10 Å². The summed E-state index contributed by atoms with van der Waals surface area (Å²) >= 11 is 0. The summed E-state index contributed by atoms with van der Waals surface area (Å²) in [6.45, 7) is 1.35. The van der Waals surface area contributed by atoms with Crippen LogP contribution in [0.5, 0.6) is 5.75 Å². The van der Waals surface area contributed by atoms with Crippen LogP contribution in [0.3, 0.4) is 0 Å². The number of carboxylic acid groups (broad SMARTS) is 1. The highest BCUT2D eigenvalue weighted by Crippen LogP contribution is 2.11. The van der Waals surface area contributed by atoms with E-state index in [0.717, 1.165) is 5.56 Å². The molecule has 0 saturated heterocycles. The van der Waals surface area contributed by atoms with Gasteiger partial charge in [-0.2, -0.15) is 5.10 Å². The van der Waals surface area contributed by atoms with Crippen LogP contribution < -0.4 is 10.2 Å². The van der Waals surface area contributed by atoms with Gasteiger partial charge in [-0.3, -0.25) is 4.79 Å². The average Bonchev–Trinajstić information content (AvgIpc) is 2.93. The number of aliphatic carboxylic acids is 1. The Hall–Kier alpha value is -3.09. The minimum atomic E-state index is -1.04. The van der Waals surface area contributed by atoms with Crippen molar-refractivity contribution in [3.8, 4) is 5.75 Å². The fourth-order valence-electron chi connectivity index (χ4n) is 1.57. The Kier molecular flexibility index (Phi) is 4.92. The highest BCUT2D eigenvalue weighted by atomic mass is 16.5. The summed E-state index contributed by atoms with van der Waals surface area (Å²) in [6.07, 6.45) is 1.45. The Balaban J connectivity index is 1.87. The van der Waals surface area contributed by atoms with E-state index in [0.29, 0.717) is 11.5 Å². The highest BCUT2D eigenvalue weighted by Gasteiger charge is 2.07. The number of hydrogen-bond acceptors (Lipinski definition) is 5. The first-order valence-electron chi connectivity index (χ1n) is 6.39. The molecule has 114 valence electrons. The van der Waals surface area contributed by atoms with Crippen LogP contribution in [-0.2, 0) is 4.79 Å². The number of carboxylic acids is 1. The van der Waals surface area contributed by atoms with Gasteiger partial charge in [0.15, 0.2) is 12.4 Å². The predicted octanol–water partition coefficient (Wildman–Crippen LogP) is 1.82. The topological polar surface area (TPSA) is 101 Å². The van der Waals surface area contributed by atoms with Gasteiger partial charge in [-0.05, 0) is 48.9 Å². The quantitative estimate of drug-likeness (QED) is 0.626. The van der Waals surface area contributed by atoms with Crippen LogP contribution in [0.15, 0.2) is 45.9 Å². The lowest BCUT2D eigenvalue weighted by molar-refractivity contribution is -0.139. The third-order valence-corrected chi connectivity index (χ3v) is 2.59. The summed E-state index contributed by atoms with van der Waals surface area (Å²) in [5.41, 5.74) is 3.06. The number of aryl methyl sites for hydroxylation is 1. The number of hydrogen-bond donors (Lipinski definition) is 2. The summed E-state index contributed by atoms with van der Waals surface area (Å²) in [5, 5.41) is 12.3. The number of amides is 1. The molecule has 0 aliphatic heterocycles. The zero-order chi connectivity index (χ0) is 15.9. The number of nitrogens with one attached hydrogen (secondary N) is 1. The molecule has 0 radical (unpaired) electrons. The van der Waals surface area contributed by atoms with E-state index in [1.807, 2.05) is 0 Å². The van der Waals surface area contributed by atoms with Crippen LogP contribution in [0.1, 0.15) is 21.9 Å². The second kappa shape index (κ2) is 7.07. The Labute approximate surface area is 126 Å². The van der Waals surface area contributed by atoms with E-state index in [1.165, 1.54) is 6.21 Å². The SMILES string of the molecule is Cc1ccc(C(=O)N/N=C/c2ccc(OCC(=O)O)cc2)o1. The van der Waals surface area contributed by atoms with Crippen molar-refractivity contribution in [2.45, 2.75) is 6.92 Å². The lowest BCUT2D eigenvalue weighted by Gasteiger charge is -2.02. The van der Waals surface area contributed by atoms with Crippen LogP contribution in [-0.4, -0.2) is 29.8 Å². The van der Waals surface area contributed by atoms with Crippen LogP contribution in [0.25, 0.3) is 0 Å². The Morgan fingerprint density at radius 1 is 1.27 bits per heavy atom. The fourth-order valence-corrected chi connectivity index (χ4v) is 1.57. The van der Waals surface area contributed by atoms with Crippen molar-refractivity contribution in [1.29, 1.82) is 0 Å². The molecule has 7 nitrogen and oxygen atoms in total. The highest BCUT2D eigenvalue weighted by molar-refractivity contribution is 5.92. The first-order valence-corrected chi connectivity index (χ1v) is 6.39. The largest absolute Gasteiger partial charge is 0.482 e. The van der Waals surface area contributed by atoms with Crippen LogP contribution in [0.4, 0.5) is 0 Å². The maximum Gasteiger partial charge on any atom is 0.341 e.